The minimum absolute atomic E-state index is 0.637. The van der Waals surface area contributed by atoms with Crippen molar-refractivity contribution in [3.8, 4) is 73.2 Å². The minimum Gasteiger partial charge on any atom is -0.309 e. The van der Waals surface area contributed by atoms with E-state index in [0.717, 1.165) is 44.5 Å². The van der Waals surface area contributed by atoms with Crippen molar-refractivity contribution < 1.29 is 0 Å². The SMILES string of the molecule is c1ccc(-c2ccc3c(c2)c2cc(-c4ccccc4)ccc2n3-c2ccccc2-c2ccc(-c3nc(-c4ccccc4)nc(-c4ccccc4)n3)cc2)cc1. The standard InChI is InChI=1S/C51H34N4/c1-5-15-35(16-6-1)41-29-31-47-44(33-41)45-34-42(36-17-7-2-8-18-36)30-32-48(45)55(47)46-24-14-13-23-43(46)37-25-27-40(28-26-37)51-53-49(38-19-9-3-10-20-38)52-50(54-51)39-21-11-4-12-22-39/h1-34H. The Labute approximate surface area is 319 Å². The number of benzene rings is 8. The molecule has 0 fully saturated rings. The lowest BCUT2D eigenvalue weighted by atomic mass is 10.0. The molecule has 2 aromatic heterocycles. The van der Waals surface area contributed by atoms with Crippen molar-refractivity contribution in [2.24, 2.45) is 0 Å². The maximum Gasteiger partial charge on any atom is 0.164 e. The smallest absolute Gasteiger partial charge is 0.164 e. The molecule has 2 heterocycles. The summed E-state index contributed by atoms with van der Waals surface area (Å²) in [5.74, 6) is 1.94. The maximum absolute atomic E-state index is 4.96. The molecule has 55 heavy (non-hydrogen) atoms. The zero-order valence-corrected chi connectivity index (χ0v) is 29.9. The Balaban J connectivity index is 1.10. The van der Waals surface area contributed by atoms with Crippen molar-refractivity contribution in [3.05, 3.63) is 206 Å². The lowest BCUT2D eigenvalue weighted by Crippen LogP contribution is -2.00. The normalized spacial score (nSPS) is 11.3. The fourth-order valence-corrected chi connectivity index (χ4v) is 7.55. The fraction of sp³-hybridized carbons (Fsp3) is 0. The number of hydrogen-bond acceptors (Lipinski definition) is 3. The van der Waals surface area contributed by atoms with E-state index in [1.54, 1.807) is 0 Å². The van der Waals surface area contributed by atoms with Crippen LogP contribution in [0.5, 0.6) is 0 Å². The van der Waals surface area contributed by atoms with E-state index in [0.29, 0.717) is 17.5 Å². The summed E-state index contributed by atoms with van der Waals surface area (Å²) >= 11 is 0. The predicted molar refractivity (Wildman–Crippen MR) is 227 cm³/mol. The quantitative estimate of drug-likeness (QED) is 0.166. The monoisotopic (exact) mass is 702 g/mol. The highest BCUT2D eigenvalue weighted by Crippen LogP contribution is 2.40. The molecule has 0 aliphatic carbocycles. The Bertz CT molecular complexity index is 2780. The van der Waals surface area contributed by atoms with Gasteiger partial charge in [-0.15, -0.1) is 0 Å². The van der Waals surface area contributed by atoms with Crippen LogP contribution in [0.4, 0.5) is 0 Å². The summed E-state index contributed by atoms with van der Waals surface area (Å²) in [6.07, 6.45) is 0. The van der Waals surface area contributed by atoms with E-state index in [9.17, 15) is 0 Å². The zero-order valence-electron chi connectivity index (χ0n) is 29.9. The Morgan fingerprint density at radius 1 is 0.273 bits per heavy atom. The molecular weight excluding hydrogens is 669 g/mol. The average molecular weight is 703 g/mol. The summed E-state index contributed by atoms with van der Waals surface area (Å²) in [5.41, 5.74) is 13.3. The number of fused-ring (bicyclic) bond motifs is 3. The first-order valence-corrected chi connectivity index (χ1v) is 18.5. The number of aromatic nitrogens is 4. The summed E-state index contributed by atoms with van der Waals surface area (Å²) in [6.45, 7) is 0. The van der Waals surface area contributed by atoms with Gasteiger partial charge in [0.25, 0.3) is 0 Å². The minimum atomic E-state index is 0.637. The van der Waals surface area contributed by atoms with Crippen molar-refractivity contribution in [3.63, 3.8) is 0 Å². The second-order valence-electron chi connectivity index (χ2n) is 13.7. The lowest BCUT2D eigenvalue weighted by molar-refractivity contribution is 1.07. The van der Waals surface area contributed by atoms with Gasteiger partial charge in [-0.25, -0.2) is 15.0 Å². The van der Waals surface area contributed by atoms with E-state index in [2.05, 4.69) is 150 Å². The first-order chi connectivity index (χ1) is 27.3. The third-order valence-corrected chi connectivity index (χ3v) is 10.3. The molecule has 0 bridgehead atoms. The second-order valence-corrected chi connectivity index (χ2v) is 13.7. The predicted octanol–water partition coefficient (Wildman–Crippen LogP) is 13.0. The lowest BCUT2D eigenvalue weighted by Gasteiger charge is -2.15. The van der Waals surface area contributed by atoms with Gasteiger partial charge >= 0.3 is 0 Å². The van der Waals surface area contributed by atoms with Gasteiger partial charge in [-0.3, -0.25) is 0 Å². The summed E-state index contributed by atoms with van der Waals surface area (Å²) in [7, 11) is 0. The molecule has 0 saturated heterocycles. The molecule has 8 aromatic carbocycles. The molecule has 0 saturated carbocycles. The Morgan fingerprint density at radius 3 is 1.07 bits per heavy atom. The average Bonchev–Trinajstić information content (AvgIpc) is 3.60. The molecular formula is C51H34N4. The van der Waals surface area contributed by atoms with Crippen LogP contribution in [-0.4, -0.2) is 19.5 Å². The van der Waals surface area contributed by atoms with Crippen LogP contribution in [0, 0.1) is 0 Å². The van der Waals surface area contributed by atoms with Gasteiger partial charge in [0.15, 0.2) is 17.5 Å². The summed E-state index contributed by atoms with van der Waals surface area (Å²) in [4.78, 5) is 14.8. The molecule has 0 unspecified atom stereocenters. The van der Waals surface area contributed by atoms with Crippen LogP contribution in [0.15, 0.2) is 206 Å². The van der Waals surface area contributed by atoms with Crippen molar-refractivity contribution in [2.75, 3.05) is 0 Å². The fourth-order valence-electron chi connectivity index (χ4n) is 7.55. The first kappa shape index (κ1) is 32.2. The molecule has 0 amide bonds. The summed E-state index contributed by atoms with van der Waals surface area (Å²) < 4.78 is 2.42. The van der Waals surface area contributed by atoms with Gasteiger partial charge in [0.05, 0.1) is 16.7 Å². The first-order valence-electron chi connectivity index (χ1n) is 18.5. The van der Waals surface area contributed by atoms with Crippen LogP contribution in [0.2, 0.25) is 0 Å². The van der Waals surface area contributed by atoms with Crippen LogP contribution in [0.3, 0.4) is 0 Å². The molecule has 0 aliphatic rings. The Morgan fingerprint density at radius 2 is 0.618 bits per heavy atom. The molecule has 4 nitrogen and oxygen atoms in total. The molecule has 0 spiro atoms. The van der Waals surface area contributed by atoms with Gasteiger partial charge in [-0.05, 0) is 58.1 Å². The highest BCUT2D eigenvalue weighted by Gasteiger charge is 2.18. The maximum atomic E-state index is 4.96. The number of rotatable bonds is 7. The van der Waals surface area contributed by atoms with Gasteiger partial charge in [0, 0.05) is 33.0 Å². The third-order valence-electron chi connectivity index (χ3n) is 10.3. The van der Waals surface area contributed by atoms with Crippen molar-refractivity contribution >= 4 is 21.8 Å². The molecule has 4 heteroatoms. The molecule has 0 aliphatic heterocycles. The van der Waals surface area contributed by atoms with Gasteiger partial charge in [-0.2, -0.15) is 0 Å². The van der Waals surface area contributed by atoms with E-state index in [4.69, 9.17) is 15.0 Å². The van der Waals surface area contributed by atoms with Gasteiger partial charge in [0.2, 0.25) is 0 Å². The van der Waals surface area contributed by atoms with E-state index in [-0.39, 0.29) is 0 Å². The largest absolute Gasteiger partial charge is 0.309 e. The van der Waals surface area contributed by atoms with Crippen molar-refractivity contribution in [2.45, 2.75) is 0 Å². The van der Waals surface area contributed by atoms with Gasteiger partial charge in [0.1, 0.15) is 0 Å². The molecule has 0 N–H and O–H groups in total. The van der Waals surface area contributed by atoms with Crippen LogP contribution >= 0.6 is 0 Å². The molecule has 10 aromatic rings. The molecule has 258 valence electrons. The van der Waals surface area contributed by atoms with Gasteiger partial charge in [-0.1, -0.05) is 176 Å². The van der Waals surface area contributed by atoms with E-state index in [1.807, 2.05) is 60.7 Å². The molecule has 10 rings (SSSR count). The van der Waals surface area contributed by atoms with E-state index >= 15 is 0 Å². The highest BCUT2D eigenvalue weighted by atomic mass is 15.0. The summed E-state index contributed by atoms with van der Waals surface area (Å²) in [6, 6.07) is 72.4. The second kappa shape index (κ2) is 13.8. The van der Waals surface area contributed by atoms with E-state index < -0.39 is 0 Å². The summed E-state index contributed by atoms with van der Waals surface area (Å²) in [5, 5.41) is 2.44. The Kier molecular flexibility index (Phi) is 8.12. The van der Waals surface area contributed by atoms with Gasteiger partial charge < -0.3 is 4.57 Å². The van der Waals surface area contributed by atoms with Crippen molar-refractivity contribution in [1.82, 2.24) is 19.5 Å². The molecule has 0 radical (unpaired) electrons. The van der Waals surface area contributed by atoms with Crippen LogP contribution in [0.1, 0.15) is 0 Å². The number of nitrogens with zero attached hydrogens (tertiary/aromatic N) is 4. The number of hydrogen-bond donors (Lipinski definition) is 0. The Hall–Kier alpha value is -7.43. The van der Waals surface area contributed by atoms with Crippen LogP contribution < -0.4 is 0 Å². The topological polar surface area (TPSA) is 43.6 Å². The van der Waals surface area contributed by atoms with E-state index in [1.165, 1.54) is 33.0 Å². The number of para-hydroxylation sites is 1. The highest BCUT2D eigenvalue weighted by molar-refractivity contribution is 6.12. The van der Waals surface area contributed by atoms with Crippen molar-refractivity contribution in [1.29, 1.82) is 0 Å². The third kappa shape index (κ3) is 6.06. The van der Waals surface area contributed by atoms with Crippen LogP contribution in [-0.2, 0) is 0 Å². The molecule has 0 atom stereocenters. The zero-order chi connectivity index (χ0) is 36.6. The van der Waals surface area contributed by atoms with Crippen LogP contribution in [0.25, 0.3) is 95.0 Å².